The van der Waals surface area contributed by atoms with Gasteiger partial charge in [-0.25, -0.2) is 4.98 Å². The van der Waals surface area contributed by atoms with E-state index in [-0.39, 0.29) is 0 Å². The number of benzene rings is 1. The minimum Gasteiger partial charge on any atom is -0.495 e. The summed E-state index contributed by atoms with van der Waals surface area (Å²) in [6.45, 7) is 0.683. The number of aromatic amines is 1. The number of hydrogen-bond acceptors (Lipinski definition) is 3. The van der Waals surface area contributed by atoms with Crippen molar-refractivity contribution in [2.45, 2.75) is 6.54 Å². The van der Waals surface area contributed by atoms with Crippen LogP contribution in [0.15, 0.2) is 30.7 Å². The zero-order chi connectivity index (χ0) is 11.4. The van der Waals surface area contributed by atoms with E-state index in [1.165, 1.54) is 0 Å². The van der Waals surface area contributed by atoms with Crippen molar-refractivity contribution in [2.75, 3.05) is 12.4 Å². The van der Waals surface area contributed by atoms with Crippen molar-refractivity contribution in [1.29, 1.82) is 0 Å². The number of nitrogens with zero attached hydrogens (tertiary/aromatic N) is 1. The highest BCUT2D eigenvalue weighted by Gasteiger charge is 2.01. The Balaban J connectivity index is 2.02. The summed E-state index contributed by atoms with van der Waals surface area (Å²) in [4.78, 5) is 6.95. The molecule has 0 aliphatic rings. The molecular formula is C11H12ClN3O. The standard InChI is InChI=1S/C11H12ClN3O/c1-16-11-3-2-8(4-10(11)12)14-6-9-5-13-7-15-9/h2-5,7,14H,6H2,1H3,(H,13,15). The van der Waals surface area contributed by atoms with Crippen LogP contribution in [0.3, 0.4) is 0 Å². The summed E-state index contributed by atoms with van der Waals surface area (Å²) in [5, 5.41) is 3.82. The van der Waals surface area contributed by atoms with Gasteiger partial charge in [0.2, 0.25) is 0 Å². The Bertz CT molecular complexity index is 456. The van der Waals surface area contributed by atoms with Crippen LogP contribution in [-0.2, 0) is 6.54 Å². The fraction of sp³-hybridized carbons (Fsp3) is 0.182. The molecule has 0 unspecified atom stereocenters. The van der Waals surface area contributed by atoms with Gasteiger partial charge in [0.05, 0.1) is 30.7 Å². The third-order valence-electron chi connectivity index (χ3n) is 2.19. The van der Waals surface area contributed by atoms with Gasteiger partial charge in [-0.2, -0.15) is 0 Å². The molecule has 0 saturated heterocycles. The van der Waals surface area contributed by atoms with Crippen LogP contribution in [0.5, 0.6) is 5.75 Å². The summed E-state index contributed by atoms with van der Waals surface area (Å²) in [6, 6.07) is 5.58. The van der Waals surface area contributed by atoms with Gasteiger partial charge in [0.25, 0.3) is 0 Å². The third kappa shape index (κ3) is 2.46. The Morgan fingerprint density at radius 1 is 1.50 bits per heavy atom. The maximum Gasteiger partial charge on any atom is 0.137 e. The smallest absolute Gasteiger partial charge is 0.137 e. The number of H-pyrrole nitrogens is 1. The van der Waals surface area contributed by atoms with E-state index in [0.717, 1.165) is 11.4 Å². The van der Waals surface area contributed by atoms with Crippen LogP contribution in [0, 0.1) is 0 Å². The van der Waals surface area contributed by atoms with Crippen molar-refractivity contribution < 1.29 is 4.74 Å². The number of ether oxygens (including phenoxy) is 1. The highest BCUT2D eigenvalue weighted by Crippen LogP contribution is 2.27. The highest BCUT2D eigenvalue weighted by atomic mass is 35.5. The normalized spacial score (nSPS) is 10.1. The van der Waals surface area contributed by atoms with Crippen LogP contribution >= 0.6 is 11.6 Å². The van der Waals surface area contributed by atoms with E-state index >= 15 is 0 Å². The summed E-state index contributed by atoms with van der Waals surface area (Å²) in [7, 11) is 1.60. The molecule has 0 aliphatic heterocycles. The Hall–Kier alpha value is -1.68. The minimum atomic E-state index is 0.595. The number of aromatic nitrogens is 2. The molecule has 4 nitrogen and oxygen atoms in total. The van der Waals surface area contributed by atoms with Crippen LogP contribution in [-0.4, -0.2) is 17.1 Å². The van der Waals surface area contributed by atoms with E-state index in [4.69, 9.17) is 16.3 Å². The molecule has 0 spiro atoms. The van der Waals surface area contributed by atoms with Gasteiger partial charge in [-0.05, 0) is 18.2 Å². The second-order valence-electron chi connectivity index (χ2n) is 3.28. The predicted molar refractivity (Wildman–Crippen MR) is 63.9 cm³/mol. The van der Waals surface area contributed by atoms with Gasteiger partial charge in [-0.1, -0.05) is 11.6 Å². The Morgan fingerprint density at radius 2 is 2.38 bits per heavy atom. The first kappa shape index (κ1) is 10.8. The predicted octanol–water partition coefficient (Wildman–Crippen LogP) is 2.68. The Labute approximate surface area is 98.6 Å². The van der Waals surface area contributed by atoms with E-state index in [0.29, 0.717) is 17.3 Å². The van der Waals surface area contributed by atoms with Crippen LogP contribution in [0.2, 0.25) is 5.02 Å². The second-order valence-corrected chi connectivity index (χ2v) is 3.69. The van der Waals surface area contributed by atoms with Crippen LogP contribution in [0.1, 0.15) is 5.69 Å². The average molecular weight is 238 g/mol. The van der Waals surface area contributed by atoms with Gasteiger partial charge < -0.3 is 15.0 Å². The molecule has 1 aromatic carbocycles. The minimum absolute atomic E-state index is 0.595. The molecule has 1 heterocycles. The second kappa shape index (κ2) is 4.90. The van der Waals surface area contributed by atoms with Crippen molar-refractivity contribution in [3.05, 3.63) is 41.4 Å². The van der Waals surface area contributed by atoms with Crippen LogP contribution in [0.4, 0.5) is 5.69 Å². The zero-order valence-corrected chi connectivity index (χ0v) is 9.58. The van der Waals surface area contributed by atoms with E-state index < -0.39 is 0 Å². The average Bonchev–Trinajstić information content (AvgIpc) is 2.79. The topological polar surface area (TPSA) is 49.9 Å². The first-order chi connectivity index (χ1) is 7.79. The van der Waals surface area contributed by atoms with Crippen molar-refractivity contribution in [3.8, 4) is 5.75 Å². The first-order valence-corrected chi connectivity index (χ1v) is 5.22. The van der Waals surface area contributed by atoms with E-state index in [9.17, 15) is 0 Å². The lowest BCUT2D eigenvalue weighted by Crippen LogP contribution is -1.99. The van der Waals surface area contributed by atoms with Gasteiger partial charge in [0.1, 0.15) is 5.75 Å². The fourth-order valence-electron chi connectivity index (χ4n) is 1.35. The molecular weight excluding hydrogens is 226 g/mol. The van der Waals surface area contributed by atoms with Gasteiger partial charge in [-0.3, -0.25) is 0 Å². The number of nitrogens with one attached hydrogen (secondary N) is 2. The quantitative estimate of drug-likeness (QED) is 0.860. The number of hydrogen-bond donors (Lipinski definition) is 2. The number of rotatable bonds is 4. The lowest BCUT2D eigenvalue weighted by Gasteiger charge is -2.07. The molecule has 2 aromatic rings. The monoisotopic (exact) mass is 237 g/mol. The van der Waals surface area contributed by atoms with Crippen molar-refractivity contribution in [1.82, 2.24) is 9.97 Å². The number of halogens is 1. The maximum absolute atomic E-state index is 6.01. The van der Waals surface area contributed by atoms with Crippen LogP contribution in [0.25, 0.3) is 0 Å². The maximum atomic E-state index is 6.01. The fourth-order valence-corrected chi connectivity index (χ4v) is 1.61. The highest BCUT2D eigenvalue weighted by molar-refractivity contribution is 6.32. The lowest BCUT2D eigenvalue weighted by molar-refractivity contribution is 0.415. The molecule has 2 rings (SSSR count). The van der Waals surface area contributed by atoms with E-state index in [2.05, 4.69) is 15.3 Å². The Morgan fingerprint density at radius 3 is 3.00 bits per heavy atom. The van der Waals surface area contributed by atoms with E-state index in [1.54, 1.807) is 19.6 Å². The van der Waals surface area contributed by atoms with Gasteiger partial charge >= 0.3 is 0 Å². The molecule has 1 aromatic heterocycles. The van der Waals surface area contributed by atoms with Gasteiger partial charge in [0, 0.05) is 11.9 Å². The third-order valence-corrected chi connectivity index (χ3v) is 2.48. The van der Waals surface area contributed by atoms with Gasteiger partial charge in [-0.15, -0.1) is 0 Å². The number of methoxy groups -OCH3 is 1. The largest absolute Gasteiger partial charge is 0.495 e. The molecule has 0 atom stereocenters. The van der Waals surface area contributed by atoms with Crippen molar-refractivity contribution in [2.24, 2.45) is 0 Å². The molecule has 0 amide bonds. The summed E-state index contributed by atoms with van der Waals surface area (Å²) < 4.78 is 5.07. The molecule has 5 heteroatoms. The summed E-state index contributed by atoms with van der Waals surface area (Å²) in [5.74, 6) is 0.675. The number of imidazole rings is 1. The number of anilines is 1. The molecule has 0 fully saturated rings. The molecule has 0 radical (unpaired) electrons. The van der Waals surface area contributed by atoms with Crippen LogP contribution < -0.4 is 10.1 Å². The molecule has 2 N–H and O–H groups in total. The molecule has 84 valence electrons. The summed E-state index contributed by atoms with van der Waals surface area (Å²) >= 11 is 6.01. The van der Waals surface area contributed by atoms with E-state index in [1.807, 2.05) is 18.2 Å². The molecule has 0 aliphatic carbocycles. The van der Waals surface area contributed by atoms with Gasteiger partial charge in [0.15, 0.2) is 0 Å². The van der Waals surface area contributed by atoms with Crippen molar-refractivity contribution >= 4 is 17.3 Å². The summed E-state index contributed by atoms with van der Waals surface area (Å²) in [5.41, 5.74) is 1.97. The first-order valence-electron chi connectivity index (χ1n) is 4.84. The lowest BCUT2D eigenvalue weighted by atomic mass is 10.3. The summed E-state index contributed by atoms with van der Waals surface area (Å²) in [6.07, 6.45) is 3.43. The molecule has 0 saturated carbocycles. The molecule has 16 heavy (non-hydrogen) atoms. The SMILES string of the molecule is COc1ccc(NCc2cnc[nH]2)cc1Cl. The molecule has 0 bridgehead atoms. The Kier molecular flexibility index (Phi) is 3.31. The van der Waals surface area contributed by atoms with Crippen molar-refractivity contribution in [3.63, 3.8) is 0 Å². The zero-order valence-electron chi connectivity index (χ0n) is 8.83.